The van der Waals surface area contributed by atoms with Crippen LogP contribution in [0.15, 0.2) is 35.3 Å². The minimum atomic E-state index is -0.987. The lowest BCUT2D eigenvalue weighted by Gasteiger charge is -2.33. The average Bonchev–Trinajstić information content (AvgIpc) is 2.26. The largest absolute Gasteiger partial charge is 0.319 e. The van der Waals surface area contributed by atoms with Crippen molar-refractivity contribution in [2.45, 2.75) is 12.3 Å². The van der Waals surface area contributed by atoms with Crippen LogP contribution in [0.25, 0.3) is 0 Å². The van der Waals surface area contributed by atoms with Crippen molar-refractivity contribution in [3.05, 3.63) is 40.9 Å². The number of nitrogens with one attached hydrogen (secondary N) is 1. The summed E-state index contributed by atoms with van der Waals surface area (Å²) in [6, 6.07) is 7.23. The zero-order chi connectivity index (χ0) is 11.9. The molecule has 2 rings (SSSR count). The van der Waals surface area contributed by atoms with E-state index in [1.807, 2.05) is 18.2 Å². The molecule has 0 saturated heterocycles. The Labute approximate surface area is 102 Å². The molecule has 1 aliphatic heterocycles. The first-order chi connectivity index (χ1) is 7.48. The van der Waals surface area contributed by atoms with Gasteiger partial charge in [0, 0.05) is 10.2 Å². The first-order valence-electron chi connectivity index (χ1n) is 4.78. The van der Waals surface area contributed by atoms with Crippen LogP contribution in [0.1, 0.15) is 12.5 Å². The molecule has 1 heterocycles. The van der Waals surface area contributed by atoms with Gasteiger partial charge >= 0.3 is 0 Å². The van der Waals surface area contributed by atoms with Crippen molar-refractivity contribution in [3.8, 4) is 0 Å². The van der Waals surface area contributed by atoms with Crippen molar-refractivity contribution < 1.29 is 9.59 Å². The molecule has 0 fully saturated rings. The van der Waals surface area contributed by atoms with Crippen molar-refractivity contribution in [2.24, 2.45) is 0 Å². The van der Waals surface area contributed by atoms with Gasteiger partial charge in [-0.25, -0.2) is 0 Å². The molecule has 0 radical (unpaired) electrons. The number of ketones is 1. The molecular weight excluding hydrogens is 270 g/mol. The van der Waals surface area contributed by atoms with Gasteiger partial charge in [-0.1, -0.05) is 40.7 Å². The van der Waals surface area contributed by atoms with E-state index >= 15 is 0 Å². The quantitative estimate of drug-likeness (QED) is 0.803. The highest BCUT2D eigenvalue weighted by molar-refractivity contribution is 9.11. The molecule has 1 unspecified atom stereocenters. The van der Waals surface area contributed by atoms with Crippen molar-refractivity contribution in [1.29, 1.82) is 0 Å². The maximum Gasteiger partial charge on any atom is 0.293 e. The predicted octanol–water partition coefficient (Wildman–Crippen LogP) is 2.37. The zero-order valence-corrected chi connectivity index (χ0v) is 10.3. The van der Waals surface area contributed by atoms with Crippen molar-refractivity contribution >= 4 is 33.3 Å². The highest BCUT2D eigenvalue weighted by Gasteiger charge is 2.45. The number of fused-ring (bicyclic) bond motifs is 1. The summed E-state index contributed by atoms with van der Waals surface area (Å²) >= 11 is 3.23. The third kappa shape index (κ3) is 1.33. The van der Waals surface area contributed by atoms with E-state index < -0.39 is 17.1 Å². The molecule has 1 aromatic carbocycles. The number of amides is 1. The number of carbonyl (C=O) groups is 2. The van der Waals surface area contributed by atoms with E-state index in [9.17, 15) is 9.59 Å². The highest BCUT2D eigenvalue weighted by Crippen LogP contribution is 2.41. The van der Waals surface area contributed by atoms with Gasteiger partial charge in [0.2, 0.25) is 5.78 Å². The first-order valence-corrected chi connectivity index (χ1v) is 5.57. The van der Waals surface area contributed by atoms with Crippen LogP contribution in [0, 0.1) is 0 Å². The van der Waals surface area contributed by atoms with Gasteiger partial charge in [-0.15, -0.1) is 0 Å². The highest BCUT2D eigenvalue weighted by atomic mass is 79.9. The van der Waals surface area contributed by atoms with Crippen LogP contribution in [0.4, 0.5) is 5.69 Å². The summed E-state index contributed by atoms with van der Waals surface area (Å²) in [5.74, 6) is -1.09. The zero-order valence-electron chi connectivity index (χ0n) is 8.71. The molecule has 4 heteroatoms. The van der Waals surface area contributed by atoms with Crippen molar-refractivity contribution in [1.82, 2.24) is 0 Å². The summed E-state index contributed by atoms with van der Waals surface area (Å²) in [5.41, 5.74) is 0.440. The molecular formula is C12H10BrNO2. The van der Waals surface area contributed by atoms with E-state index in [0.29, 0.717) is 10.2 Å². The number of benzene rings is 1. The van der Waals surface area contributed by atoms with Gasteiger partial charge in [0.15, 0.2) is 0 Å². The molecule has 1 aromatic rings. The molecule has 1 N–H and O–H groups in total. The smallest absolute Gasteiger partial charge is 0.293 e. The van der Waals surface area contributed by atoms with E-state index in [0.717, 1.165) is 5.56 Å². The Balaban J connectivity index is 2.73. The summed E-state index contributed by atoms with van der Waals surface area (Å²) in [4.78, 5) is 23.5. The van der Waals surface area contributed by atoms with Gasteiger partial charge in [0.25, 0.3) is 5.91 Å². The molecule has 0 aromatic heterocycles. The normalized spacial score (nSPS) is 23.6. The number of halogens is 1. The fourth-order valence-electron chi connectivity index (χ4n) is 1.83. The molecule has 1 amide bonds. The number of Topliss-reactive ketones (excluding diaryl/α,β-unsaturated/α-hetero) is 1. The van der Waals surface area contributed by atoms with Gasteiger partial charge in [-0.3, -0.25) is 9.59 Å². The van der Waals surface area contributed by atoms with E-state index in [4.69, 9.17) is 0 Å². The minimum absolute atomic E-state index is 0.493. The predicted molar refractivity (Wildman–Crippen MR) is 65.5 cm³/mol. The lowest BCUT2D eigenvalue weighted by molar-refractivity contribution is -0.137. The van der Waals surface area contributed by atoms with E-state index in [1.54, 1.807) is 13.0 Å². The second-order valence-corrected chi connectivity index (χ2v) is 4.82. The minimum Gasteiger partial charge on any atom is -0.319 e. The maximum absolute atomic E-state index is 11.9. The Bertz CT molecular complexity index is 509. The van der Waals surface area contributed by atoms with Crippen LogP contribution >= 0.6 is 15.9 Å². The summed E-state index contributed by atoms with van der Waals surface area (Å²) in [5, 5.41) is 2.57. The molecule has 16 heavy (non-hydrogen) atoms. The van der Waals surface area contributed by atoms with Crippen LogP contribution in [-0.2, 0) is 15.0 Å². The maximum atomic E-state index is 11.9. The van der Waals surface area contributed by atoms with E-state index in [-0.39, 0.29) is 0 Å². The average molecular weight is 280 g/mol. The lowest BCUT2D eigenvalue weighted by atomic mass is 9.75. The fraction of sp³-hybridized carbons (Fsp3) is 0.167. The van der Waals surface area contributed by atoms with Crippen LogP contribution in [0.5, 0.6) is 0 Å². The van der Waals surface area contributed by atoms with Gasteiger partial charge < -0.3 is 5.32 Å². The Morgan fingerprint density at radius 2 is 2.00 bits per heavy atom. The van der Waals surface area contributed by atoms with E-state index in [2.05, 4.69) is 27.8 Å². The topological polar surface area (TPSA) is 46.2 Å². The Kier molecular flexibility index (Phi) is 2.46. The number of hydrogen-bond donors (Lipinski definition) is 1. The summed E-state index contributed by atoms with van der Waals surface area (Å²) in [7, 11) is 0. The number of carbonyl (C=O) groups excluding carboxylic acids is 2. The second kappa shape index (κ2) is 3.56. The lowest BCUT2D eigenvalue weighted by Crippen LogP contribution is -2.45. The molecule has 0 aliphatic carbocycles. The number of anilines is 1. The molecule has 0 saturated carbocycles. The van der Waals surface area contributed by atoms with Crippen LogP contribution in [0.3, 0.4) is 0 Å². The number of allylic oxidation sites excluding steroid dienone is 1. The van der Waals surface area contributed by atoms with E-state index in [1.165, 1.54) is 0 Å². The Morgan fingerprint density at radius 1 is 1.38 bits per heavy atom. The number of hydrogen-bond acceptors (Lipinski definition) is 2. The summed E-state index contributed by atoms with van der Waals surface area (Å²) in [6.45, 7) is 5.45. The third-order valence-electron chi connectivity index (χ3n) is 2.92. The molecule has 0 spiro atoms. The molecule has 1 aliphatic rings. The monoisotopic (exact) mass is 279 g/mol. The van der Waals surface area contributed by atoms with Gasteiger partial charge in [-0.2, -0.15) is 0 Å². The number of rotatable bonds is 1. The molecule has 3 nitrogen and oxygen atoms in total. The van der Waals surface area contributed by atoms with Gasteiger partial charge in [-0.05, 0) is 18.6 Å². The van der Waals surface area contributed by atoms with Crippen LogP contribution in [-0.4, -0.2) is 11.7 Å². The third-order valence-corrected chi connectivity index (χ3v) is 3.71. The number of para-hydroxylation sites is 1. The summed E-state index contributed by atoms with van der Waals surface area (Å²) < 4.78 is 0.493. The fourth-order valence-corrected chi connectivity index (χ4v) is 2.22. The SMILES string of the molecule is C=C(Br)C1(C)C(=O)C(=O)Nc2ccccc21. The van der Waals surface area contributed by atoms with Crippen LogP contribution < -0.4 is 5.32 Å². The van der Waals surface area contributed by atoms with Crippen molar-refractivity contribution in [3.63, 3.8) is 0 Å². The molecule has 1 atom stereocenters. The Morgan fingerprint density at radius 3 is 2.62 bits per heavy atom. The molecule has 0 bridgehead atoms. The van der Waals surface area contributed by atoms with Gasteiger partial charge in [0.1, 0.15) is 0 Å². The Hall–Kier alpha value is -1.42. The second-order valence-electron chi connectivity index (χ2n) is 3.86. The van der Waals surface area contributed by atoms with Crippen molar-refractivity contribution in [2.75, 3.05) is 5.32 Å². The van der Waals surface area contributed by atoms with Gasteiger partial charge in [0.05, 0.1) is 5.41 Å². The first kappa shape index (κ1) is 11.1. The molecule has 82 valence electrons. The summed E-state index contributed by atoms with van der Waals surface area (Å²) in [6.07, 6.45) is 0. The van der Waals surface area contributed by atoms with Crippen LogP contribution in [0.2, 0.25) is 0 Å². The standard InChI is InChI=1S/C12H10BrNO2/c1-7(13)12(2)8-5-3-4-6-9(8)14-11(16)10(12)15/h3-6H,1H2,2H3,(H,14,16).